The molecule has 1 aromatic heterocycles. The van der Waals surface area contributed by atoms with E-state index in [9.17, 15) is 9.59 Å². The van der Waals surface area contributed by atoms with Gasteiger partial charge in [0.1, 0.15) is 6.04 Å². The quantitative estimate of drug-likeness (QED) is 0.326. The molecule has 5 nitrogen and oxygen atoms in total. The predicted octanol–water partition coefficient (Wildman–Crippen LogP) is 1.30. The normalized spacial score (nSPS) is 11.8. The number of isocyanates is 1. The number of Topliss-reactive ketones (excluding diaryl/α,β-unsaturated/α-hetero) is 1. The summed E-state index contributed by atoms with van der Waals surface area (Å²) in [5, 5.41) is 0. The maximum Gasteiger partial charge on any atom is 0.235 e. The van der Waals surface area contributed by atoms with Gasteiger partial charge in [-0.05, 0) is 37.9 Å². The average molecular weight is 222 g/mol. The van der Waals surface area contributed by atoms with E-state index in [0.29, 0.717) is 13.0 Å². The van der Waals surface area contributed by atoms with E-state index in [1.165, 1.54) is 12.3 Å². The summed E-state index contributed by atoms with van der Waals surface area (Å²) < 4.78 is 4.96. The van der Waals surface area contributed by atoms with Crippen molar-refractivity contribution < 1.29 is 14.0 Å². The molecule has 1 unspecified atom stereocenters. The minimum absolute atomic E-state index is 0.219. The maximum atomic E-state index is 11.8. The van der Waals surface area contributed by atoms with E-state index >= 15 is 0 Å². The van der Waals surface area contributed by atoms with Crippen molar-refractivity contribution in [2.45, 2.75) is 25.3 Å². The highest BCUT2D eigenvalue weighted by Gasteiger charge is 2.21. The fourth-order valence-electron chi connectivity index (χ4n) is 1.38. The first-order chi connectivity index (χ1) is 7.79. The zero-order valence-electron chi connectivity index (χ0n) is 8.89. The second-order valence-corrected chi connectivity index (χ2v) is 3.36. The summed E-state index contributed by atoms with van der Waals surface area (Å²) >= 11 is 0. The predicted molar refractivity (Wildman–Crippen MR) is 57.9 cm³/mol. The molecule has 2 N–H and O–H groups in total. The third-order valence-corrected chi connectivity index (χ3v) is 2.21. The Balaban J connectivity index is 2.62. The molecule has 0 saturated heterocycles. The number of carbonyl (C=O) groups is 1. The summed E-state index contributed by atoms with van der Waals surface area (Å²) in [6, 6.07) is 2.48. The van der Waals surface area contributed by atoms with Crippen molar-refractivity contribution in [3.63, 3.8) is 0 Å². The third-order valence-electron chi connectivity index (χ3n) is 2.21. The highest BCUT2D eigenvalue weighted by atomic mass is 16.3. The molecule has 1 atom stereocenters. The SMILES string of the molecule is NCCCCC(N=C=O)C(=O)c1ccco1. The van der Waals surface area contributed by atoms with E-state index in [-0.39, 0.29) is 11.5 Å². The molecule has 0 radical (unpaired) electrons. The van der Waals surface area contributed by atoms with E-state index in [1.54, 1.807) is 12.1 Å². The molecule has 0 saturated carbocycles. The van der Waals surface area contributed by atoms with Gasteiger partial charge >= 0.3 is 0 Å². The minimum atomic E-state index is -0.699. The lowest BCUT2D eigenvalue weighted by Gasteiger charge is -2.06. The zero-order chi connectivity index (χ0) is 11.8. The van der Waals surface area contributed by atoms with Crippen molar-refractivity contribution in [2.24, 2.45) is 10.7 Å². The van der Waals surface area contributed by atoms with Crippen LogP contribution in [0.1, 0.15) is 29.8 Å². The molecule has 0 aliphatic rings. The molecule has 5 heteroatoms. The first kappa shape index (κ1) is 12.4. The zero-order valence-corrected chi connectivity index (χ0v) is 8.89. The lowest BCUT2D eigenvalue weighted by Crippen LogP contribution is -2.18. The molecule has 0 bridgehead atoms. The Morgan fingerprint density at radius 3 is 2.94 bits per heavy atom. The van der Waals surface area contributed by atoms with Crippen LogP contribution in [0, 0.1) is 0 Å². The van der Waals surface area contributed by atoms with Gasteiger partial charge in [0.15, 0.2) is 5.76 Å². The number of aliphatic imine (C=N–C) groups is 1. The molecule has 86 valence electrons. The Kier molecular flexibility index (Phi) is 5.19. The van der Waals surface area contributed by atoms with Gasteiger partial charge in [0.05, 0.1) is 6.26 Å². The van der Waals surface area contributed by atoms with Gasteiger partial charge < -0.3 is 10.2 Å². The Labute approximate surface area is 93.3 Å². The van der Waals surface area contributed by atoms with Gasteiger partial charge in [-0.25, -0.2) is 4.79 Å². The van der Waals surface area contributed by atoms with E-state index < -0.39 is 6.04 Å². The number of carbonyl (C=O) groups excluding carboxylic acids is 2. The summed E-state index contributed by atoms with van der Waals surface area (Å²) in [5.41, 5.74) is 5.35. The second kappa shape index (κ2) is 6.71. The highest BCUT2D eigenvalue weighted by Crippen LogP contribution is 2.12. The van der Waals surface area contributed by atoms with Gasteiger partial charge in [-0.2, -0.15) is 4.99 Å². The fraction of sp³-hybridized carbons (Fsp3) is 0.455. The molecule has 16 heavy (non-hydrogen) atoms. The smallest absolute Gasteiger partial charge is 0.235 e. The summed E-state index contributed by atoms with van der Waals surface area (Å²) in [4.78, 5) is 25.5. The summed E-state index contributed by atoms with van der Waals surface area (Å²) in [7, 11) is 0. The van der Waals surface area contributed by atoms with Crippen molar-refractivity contribution in [2.75, 3.05) is 6.54 Å². The molecular weight excluding hydrogens is 208 g/mol. The van der Waals surface area contributed by atoms with Crippen molar-refractivity contribution in [1.29, 1.82) is 0 Å². The first-order valence-corrected chi connectivity index (χ1v) is 5.14. The second-order valence-electron chi connectivity index (χ2n) is 3.36. The molecule has 0 spiro atoms. The number of ketones is 1. The van der Waals surface area contributed by atoms with Crippen LogP contribution in [-0.4, -0.2) is 24.4 Å². The molecule has 0 fully saturated rings. The average Bonchev–Trinajstić information content (AvgIpc) is 2.81. The van der Waals surface area contributed by atoms with Gasteiger partial charge in [-0.1, -0.05) is 0 Å². The molecule has 1 rings (SSSR count). The number of furan rings is 1. The van der Waals surface area contributed by atoms with Crippen LogP contribution in [0.15, 0.2) is 27.8 Å². The van der Waals surface area contributed by atoms with Gasteiger partial charge in [-0.15, -0.1) is 0 Å². The van der Waals surface area contributed by atoms with E-state index in [4.69, 9.17) is 10.2 Å². The monoisotopic (exact) mass is 222 g/mol. The Morgan fingerprint density at radius 1 is 1.56 bits per heavy atom. The molecule has 0 aromatic carbocycles. The summed E-state index contributed by atoms with van der Waals surface area (Å²) in [6.07, 6.45) is 4.87. The molecule has 0 aliphatic carbocycles. The van der Waals surface area contributed by atoms with Gasteiger partial charge in [0.25, 0.3) is 0 Å². The number of hydrogen-bond acceptors (Lipinski definition) is 5. The lowest BCUT2D eigenvalue weighted by atomic mass is 10.0. The van der Waals surface area contributed by atoms with Gasteiger partial charge in [0.2, 0.25) is 11.9 Å². The van der Waals surface area contributed by atoms with Gasteiger partial charge in [-0.3, -0.25) is 4.79 Å². The van der Waals surface area contributed by atoms with Crippen LogP contribution in [0.3, 0.4) is 0 Å². The van der Waals surface area contributed by atoms with Crippen LogP contribution in [0.4, 0.5) is 0 Å². The highest BCUT2D eigenvalue weighted by molar-refractivity contribution is 5.98. The van der Waals surface area contributed by atoms with Crippen LogP contribution < -0.4 is 5.73 Å². The lowest BCUT2D eigenvalue weighted by molar-refractivity contribution is 0.0929. The van der Waals surface area contributed by atoms with Crippen LogP contribution in [-0.2, 0) is 4.79 Å². The Morgan fingerprint density at radius 2 is 2.38 bits per heavy atom. The van der Waals surface area contributed by atoms with Crippen LogP contribution in [0.2, 0.25) is 0 Å². The van der Waals surface area contributed by atoms with Crippen LogP contribution in [0.25, 0.3) is 0 Å². The van der Waals surface area contributed by atoms with Crippen molar-refractivity contribution in [1.82, 2.24) is 0 Å². The minimum Gasteiger partial charge on any atom is -0.461 e. The largest absolute Gasteiger partial charge is 0.461 e. The van der Waals surface area contributed by atoms with Gasteiger partial charge in [0, 0.05) is 0 Å². The fourth-order valence-corrected chi connectivity index (χ4v) is 1.38. The molecule has 0 aliphatic heterocycles. The standard InChI is InChI=1S/C11H14N2O3/c12-6-2-1-4-9(13-8-14)11(15)10-5-3-7-16-10/h3,5,7,9H,1-2,4,6,12H2. The number of hydrogen-bond donors (Lipinski definition) is 1. The topological polar surface area (TPSA) is 85.7 Å². The molecular formula is C11H14N2O3. The molecule has 0 amide bonds. The number of rotatable bonds is 7. The van der Waals surface area contributed by atoms with Crippen molar-refractivity contribution >= 4 is 11.9 Å². The number of nitrogens with zero attached hydrogens (tertiary/aromatic N) is 1. The summed E-state index contributed by atoms with van der Waals surface area (Å²) in [6.45, 7) is 0.562. The molecule has 1 aromatic rings. The van der Waals surface area contributed by atoms with Crippen LogP contribution >= 0.6 is 0 Å². The number of nitrogens with two attached hydrogens (primary N) is 1. The Hall–Kier alpha value is -1.71. The maximum absolute atomic E-state index is 11.8. The van der Waals surface area contributed by atoms with Crippen LogP contribution in [0.5, 0.6) is 0 Å². The van der Waals surface area contributed by atoms with E-state index in [2.05, 4.69) is 4.99 Å². The summed E-state index contributed by atoms with van der Waals surface area (Å²) in [5.74, 6) is -0.0675. The van der Waals surface area contributed by atoms with E-state index in [0.717, 1.165) is 12.8 Å². The first-order valence-electron chi connectivity index (χ1n) is 5.14. The molecule has 1 heterocycles. The number of unbranched alkanes of at least 4 members (excludes halogenated alkanes) is 1. The van der Waals surface area contributed by atoms with Crippen molar-refractivity contribution in [3.8, 4) is 0 Å². The van der Waals surface area contributed by atoms with Crippen molar-refractivity contribution in [3.05, 3.63) is 24.2 Å². The Bertz CT molecular complexity index is 367. The third kappa shape index (κ3) is 3.46. The van der Waals surface area contributed by atoms with E-state index in [1.807, 2.05) is 0 Å².